The summed E-state index contributed by atoms with van der Waals surface area (Å²) in [6, 6.07) is 3.86. The molecule has 0 aliphatic carbocycles. The maximum atomic E-state index is 13.1. The zero-order chi connectivity index (χ0) is 27.4. The van der Waals surface area contributed by atoms with Crippen LogP contribution in [-0.2, 0) is 30.4 Å². The molecule has 3 atom stereocenters. The number of aromatic nitrogens is 1. The number of nitrogens with one attached hydrogen (secondary N) is 4. The second kappa shape index (κ2) is 14.6. The van der Waals surface area contributed by atoms with E-state index < -0.39 is 47.7 Å². The molecule has 2 aromatic rings. The van der Waals surface area contributed by atoms with Crippen LogP contribution in [0.15, 0.2) is 30.5 Å². The molecule has 1 heterocycles. The number of carbonyl (C=O) groups is 5. The van der Waals surface area contributed by atoms with E-state index in [0.29, 0.717) is 24.9 Å². The fraction of sp³-hybridized carbons (Fsp3) is 0.458. The minimum atomic E-state index is -1.26. The second-order valence-electron chi connectivity index (χ2n) is 8.64. The number of carboxylic acid groups (broad SMARTS) is 1. The van der Waals surface area contributed by atoms with Gasteiger partial charge in [-0.05, 0) is 43.9 Å². The third-order valence-electron chi connectivity index (χ3n) is 5.81. The molecule has 0 aliphatic heterocycles. The molecule has 13 heteroatoms. The van der Waals surface area contributed by atoms with Crippen LogP contribution in [0.5, 0.6) is 0 Å². The lowest BCUT2D eigenvalue weighted by Crippen LogP contribution is -2.56. The average molecular weight is 518 g/mol. The van der Waals surface area contributed by atoms with Gasteiger partial charge in [-0.3, -0.25) is 19.2 Å². The van der Waals surface area contributed by atoms with E-state index in [0.717, 1.165) is 10.9 Å². The number of primary amides is 1. The molecule has 37 heavy (non-hydrogen) atoms. The number of para-hydroxylation sites is 1. The highest BCUT2D eigenvalue weighted by Crippen LogP contribution is 2.19. The van der Waals surface area contributed by atoms with Gasteiger partial charge < -0.3 is 43.2 Å². The Kier molecular flexibility index (Phi) is 11.5. The van der Waals surface area contributed by atoms with Gasteiger partial charge in [-0.25, -0.2) is 4.79 Å². The van der Waals surface area contributed by atoms with Gasteiger partial charge in [0.15, 0.2) is 0 Å². The molecule has 0 spiro atoms. The van der Waals surface area contributed by atoms with Crippen LogP contribution < -0.4 is 33.2 Å². The molecule has 13 nitrogen and oxygen atoms in total. The van der Waals surface area contributed by atoms with Crippen LogP contribution in [0, 0.1) is 0 Å². The lowest BCUT2D eigenvalue weighted by atomic mass is 10.0. The SMILES string of the molecule is NCCCCC(NC(=O)C(CCC(N)=O)NC(=O)CN)C(=O)NC(Cc1c[nH]c2ccccc12)C(=O)O. The Morgan fingerprint density at radius 3 is 2.16 bits per heavy atom. The van der Waals surface area contributed by atoms with Gasteiger partial charge in [0.1, 0.15) is 18.1 Å². The molecule has 0 bridgehead atoms. The third kappa shape index (κ3) is 9.20. The van der Waals surface area contributed by atoms with Crippen molar-refractivity contribution in [2.75, 3.05) is 13.1 Å². The first-order valence-electron chi connectivity index (χ1n) is 12.0. The minimum absolute atomic E-state index is 0.0162. The summed E-state index contributed by atoms with van der Waals surface area (Å²) in [6.07, 6.45) is 2.67. The molecule has 0 saturated carbocycles. The maximum Gasteiger partial charge on any atom is 0.326 e. The maximum absolute atomic E-state index is 13.1. The Labute approximate surface area is 213 Å². The number of carbonyl (C=O) groups excluding carboxylic acids is 4. The number of aromatic amines is 1. The summed E-state index contributed by atoms with van der Waals surface area (Å²) in [5, 5.41) is 18.1. The highest BCUT2D eigenvalue weighted by Gasteiger charge is 2.30. The summed E-state index contributed by atoms with van der Waals surface area (Å²) in [5.74, 6) is -3.95. The van der Waals surface area contributed by atoms with Crippen molar-refractivity contribution in [3.63, 3.8) is 0 Å². The number of aliphatic carboxylic acids is 1. The first kappa shape index (κ1) is 29.3. The molecular weight excluding hydrogens is 482 g/mol. The predicted octanol–water partition coefficient (Wildman–Crippen LogP) is -1.40. The summed E-state index contributed by atoms with van der Waals surface area (Å²) in [7, 11) is 0. The zero-order valence-corrected chi connectivity index (χ0v) is 20.5. The summed E-state index contributed by atoms with van der Waals surface area (Å²) >= 11 is 0. The van der Waals surface area contributed by atoms with Gasteiger partial charge in [-0.1, -0.05) is 18.2 Å². The van der Waals surface area contributed by atoms with E-state index in [4.69, 9.17) is 17.2 Å². The Morgan fingerprint density at radius 2 is 1.54 bits per heavy atom. The van der Waals surface area contributed by atoms with Crippen LogP contribution in [0.1, 0.15) is 37.7 Å². The molecule has 4 amide bonds. The van der Waals surface area contributed by atoms with Crippen LogP contribution in [0.4, 0.5) is 0 Å². The monoisotopic (exact) mass is 517 g/mol. The van der Waals surface area contributed by atoms with Crippen LogP contribution in [0.3, 0.4) is 0 Å². The zero-order valence-electron chi connectivity index (χ0n) is 20.5. The van der Waals surface area contributed by atoms with E-state index >= 15 is 0 Å². The molecule has 3 unspecified atom stereocenters. The standard InChI is InChI=1S/C24H35N7O6/c25-10-4-3-7-17(30-23(35)18(8-9-20(27)32)29-21(33)12-26)22(34)31-19(24(36)37)11-14-13-28-16-6-2-1-5-15(14)16/h1-2,5-6,13,17-19,28H,3-4,7-12,25-26H2,(H2,27,32)(H,29,33)(H,30,35)(H,31,34)(H,36,37). The molecule has 2 rings (SSSR count). The van der Waals surface area contributed by atoms with E-state index in [2.05, 4.69) is 20.9 Å². The molecule has 1 aromatic carbocycles. The van der Waals surface area contributed by atoms with Crippen molar-refractivity contribution in [1.82, 2.24) is 20.9 Å². The van der Waals surface area contributed by atoms with Crippen molar-refractivity contribution in [3.8, 4) is 0 Å². The van der Waals surface area contributed by atoms with Crippen molar-refractivity contribution in [1.29, 1.82) is 0 Å². The average Bonchev–Trinajstić information content (AvgIpc) is 3.27. The smallest absolute Gasteiger partial charge is 0.326 e. The summed E-state index contributed by atoms with van der Waals surface area (Å²) < 4.78 is 0. The Hall–Kier alpha value is -3.97. The molecule has 1 aromatic heterocycles. The Morgan fingerprint density at radius 1 is 0.892 bits per heavy atom. The lowest BCUT2D eigenvalue weighted by Gasteiger charge is -2.24. The summed E-state index contributed by atoms with van der Waals surface area (Å²) in [5.41, 5.74) is 17.6. The van der Waals surface area contributed by atoms with Crippen molar-refractivity contribution in [2.45, 2.75) is 56.7 Å². The van der Waals surface area contributed by atoms with Crippen molar-refractivity contribution in [2.24, 2.45) is 17.2 Å². The highest BCUT2D eigenvalue weighted by molar-refractivity contribution is 5.94. The number of rotatable bonds is 16. The van der Waals surface area contributed by atoms with Crippen molar-refractivity contribution in [3.05, 3.63) is 36.0 Å². The summed E-state index contributed by atoms with van der Waals surface area (Å²) in [6.45, 7) is -0.0106. The number of benzene rings is 1. The first-order chi connectivity index (χ1) is 17.7. The van der Waals surface area contributed by atoms with E-state index in [9.17, 15) is 29.1 Å². The number of H-pyrrole nitrogens is 1. The van der Waals surface area contributed by atoms with E-state index in [1.165, 1.54) is 0 Å². The fourth-order valence-electron chi connectivity index (χ4n) is 3.84. The Balaban J connectivity index is 2.17. The molecule has 0 saturated heterocycles. The second-order valence-corrected chi connectivity index (χ2v) is 8.64. The van der Waals surface area contributed by atoms with Crippen LogP contribution >= 0.6 is 0 Å². The van der Waals surface area contributed by atoms with Crippen LogP contribution in [0.2, 0.25) is 0 Å². The number of fused-ring (bicyclic) bond motifs is 1. The van der Waals surface area contributed by atoms with Gasteiger partial charge in [-0.2, -0.15) is 0 Å². The van der Waals surface area contributed by atoms with Crippen molar-refractivity contribution >= 4 is 40.5 Å². The third-order valence-corrected chi connectivity index (χ3v) is 5.81. The fourth-order valence-corrected chi connectivity index (χ4v) is 3.84. The topological polar surface area (TPSA) is 236 Å². The van der Waals surface area contributed by atoms with Crippen LogP contribution in [-0.4, -0.2) is 70.9 Å². The van der Waals surface area contributed by atoms with E-state index in [1.54, 1.807) is 6.20 Å². The number of hydrogen-bond donors (Lipinski definition) is 8. The van der Waals surface area contributed by atoms with Gasteiger partial charge in [-0.15, -0.1) is 0 Å². The minimum Gasteiger partial charge on any atom is -0.480 e. The molecular formula is C24H35N7O6. The number of carboxylic acids is 1. The van der Waals surface area contributed by atoms with Crippen LogP contribution in [0.25, 0.3) is 10.9 Å². The molecule has 0 radical (unpaired) electrons. The quantitative estimate of drug-likeness (QED) is 0.123. The van der Waals surface area contributed by atoms with Gasteiger partial charge in [0.05, 0.1) is 6.54 Å². The summed E-state index contributed by atoms with van der Waals surface area (Å²) in [4.78, 5) is 64.1. The van der Waals surface area contributed by atoms with Gasteiger partial charge in [0.2, 0.25) is 23.6 Å². The van der Waals surface area contributed by atoms with Crippen molar-refractivity contribution < 1.29 is 29.1 Å². The first-order valence-corrected chi connectivity index (χ1v) is 12.0. The normalized spacial score (nSPS) is 13.4. The molecule has 202 valence electrons. The predicted molar refractivity (Wildman–Crippen MR) is 136 cm³/mol. The van der Waals surface area contributed by atoms with E-state index in [-0.39, 0.29) is 32.2 Å². The number of nitrogens with two attached hydrogens (primary N) is 3. The highest BCUT2D eigenvalue weighted by atomic mass is 16.4. The van der Waals surface area contributed by atoms with Gasteiger partial charge in [0, 0.05) is 29.9 Å². The Bertz CT molecular complexity index is 1100. The van der Waals surface area contributed by atoms with Gasteiger partial charge >= 0.3 is 5.97 Å². The van der Waals surface area contributed by atoms with E-state index in [1.807, 2.05) is 24.3 Å². The molecule has 11 N–H and O–H groups in total. The number of amides is 4. The molecule has 0 fully saturated rings. The lowest BCUT2D eigenvalue weighted by molar-refractivity contribution is -0.142. The van der Waals surface area contributed by atoms with Gasteiger partial charge in [0.25, 0.3) is 0 Å². The number of hydrogen-bond acceptors (Lipinski definition) is 7. The molecule has 0 aliphatic rings. The largest absolute Gasteiger partial charge is 0.480 e. The number of unbranched alkanes of at least 4 members (excludes halogenated alkanes) is 1.